The number of benzene rings is 2. The second kappa shape index (κ2) is 6.55. The Hall–Kier alpha value is -2.50. The van der Waals surface area contributed by atoms with Crippen LogP contribution in [0.3, 0.4) is 0 Å². The van der Waals surface area contributed by atoms with Crippen LogP contribution in [-0.2, 0) is 6.42 Å². The van der Waals surface area contributed by atoms with Gasteiger partial charge >= 0.3 is 0 Å². The minimum Gasteiger partial charge on any atom is -0.493 e. The zero-order chi connectivity index (χ0) is 16.4. The first kappa shape index (κ1) is 15.1. The third-order valence-electron chi connectivity index (χ3n) is 3.60. The van der Waals surface area contributed by atoms with Crippen molar-refractivity contribution in [2.45, 2.75) is 6.42 Å². The number of aromatic nitrogens is 2. The molecular weight excluding hydrogens is 336 g/mol. The Morgan fingerprint density at radius 2 is 1.46 bits per heavy atom. The molecule has 2 heterocycles. The molecule has 0 amide bonds. The van der Waals surface area contributed by atoms with E-state index in [1.54, 1.807) is 16.7 Å². The highest BCUT2D eigenvalue weighted by Gasteiger charge is 2.16. The molecule has 0 unspecified atom stereocenters. The van der Waals surface area contributed by atoms with Crippen molar-refractivity contribution < 1.29 is 5.11 Å². The molecule has 1 N–H and O–H groups in total. The fraction of sp³-hybridized carbons (Fsp3) is 0.0526. The normalized spacial score (nSPS) is 10.8. The maximum absolute atomic E-state index is 9.43. The molecule has 0 spiro atoms. The summed E-state index contributed by atoms with van der Waals surface area (Å²) in [4.78, 5) is 10.2. The fourth-order valence-corrected chi connectivity index (χ4v) is 4.38. The second-order valence-corrected chi connectivity index (χ2v) is 7.32. The van der Waals surface area contributed by atoms with Gasteiger partial charge in [0, 0.05) is 5.56 Å². The van der Waals surface area contributed by atoms with Gasteiger partial charge in [-0.05, 0) is 5.56 Å². The standard InChI is InChI=1S/C19H14N2OS2/c22-15-12-23-16(20-15)11-17-21-18(13-7-3-1-4-8-13)19(24-17)14-9-5-2-6-10-14/h1-10,12,22H,11H2. The lowest BCUT2D eigenvalue weighted by molar-refractivity contribution is 0.456. The summed E-state index contributed by atoms with van der Waals surface area (Å²) in [5.41, 5.74) is 3.28. The molecule has 24 heavy (non-hydrogen) atoms. The molecule has 0 atom stereocenters. The van der Waals surface area contributed by atoms with E-state index in [1.165, 1.54) is 16.9 Å². The van der Waals surface area contributed by atoms with Crippen LogP contribution in [0.1, 0.15) is 10.0 Å². The minimum absolute atomic E-state index is 0.0816. The highest BCUT2D eigenvalue weighted by atomic mass is 32.1. The van der Waals surface area contributed by atoms with Crippen molar-refractivity contribution in [3.63, 3.8) is 0 Å². The van der Waals surface area contributed by atoms with Gasteiger partial charge in [0.1, 0.15) is 10.0 Å². The summed E-state index contributed by atoms with van der Waals surface area (Å²) in [6, 6.07) is 20.6. The molecule has 4 rings (SSSR count). The average Bonchev–Trinajstić information content (AvgIpc) is 3.23. The summed E-state index contributed by atoms with van der Waals surface area (Å²) in [6.07, 6.45) is 0.641. The van der Waals surface area contributed by atoms with Crippen LogP contribution in [0.2, 0.25) is 0 Å². The Balaban J connectivity index is 1.79. The van der Waals surface area contributed by atoms with E-state index in [4.69, 9.17) is 4.98 Å². The van der Waals surface area contributed by atoms with Crippen LogP contribution in [-0.4, -0.2) is 15.1 Å². The van der Waals surface area contributed by atoms with E-state index in [9.17, 15) is 5.11 Å². The van der Waals surface area contributed by atoms with Gasteiger partial charge in [-0.3, -0.25) is 0 Å². The van der Waals surface area contributed by atoms with Gasteiger partial charge in [-0.1, -0.05) is 60.7 Å². The maximum atomic E-state index is 9.43. The molecule has 0 saturated carbocycles. The molecular formula is C19H14N2OS2. The van der Waals surface area contributed by atoms with Crippen molar-refractivity contribution in [3.05, 3.63) is 76.1 Å². The molecule has 0 aliphatic heterocycles. The monoisotopic (exact) mass is 350 g/mol. The number of nitrogens with zero attached hydrogens (tertiary/aromatic N) is 2. The number of thiazole rings is 2. The lowest BCUT2D eigenvalue weighted by Crippen LogP contribution is -1.86. The highest BCUT2D eigenvalue weighted by Crippen LogP contribution is 2.37. The fourth-order valence-electron chi connectivity index (χ4n) is 2.53. The second-order valence-electron chi connectivity index (χ2n) is 5.29. The highest BCUT2D eigenvalue weighted by molar-refractivity contribution is 7.16. The minimum atomic E-state index is 0.0816. The van der Waals surface area contributed by atoms with Gasteiger partial charge in [-0.2, -0.15) is 0 Å². The van der Waals surface area contributed by atoms with Crippen molar-refractivity contribution >= 4 is 22.7 Å². The van der Waals surface area contributed by atoms with Crippen molar-refractivity contribution in [1.82, 2.24) is 9.97 Å². The van der Waals surface area contributed by atoms with Crippen LogP contribution < -0.4 is 0 Å². The molecule has 5 heteroatoms. The first-order chi connectivity index (χ1) is 11.8. The zero-order valence-electron chi connectivity index (χ0n) is 12.7. The lowest BCUT2D eigenvalue weighted by Gasteiger charge is -2.02. The predicted molar refractivity (Wildman–Crippen MR) is 99.6 cm³/mol. The van der Waals surface area contributed by atoms with E-state index in [0.717, 1.165) is 26.1 Å². The van der Waals surface area contributed by atoms with Gasteiger partial charge in [0.05, 0.1) is 22.4 Å². The predicted octanol–water partition coefficient (Wildman–Crippen LogP) is 5.23. The van der Waals surface area contributed by atoms with Crippen molar-refractivity contribution in [1.29, 1.82) is 0 Å². The molecule has 0 aliphatic carbocycles. The summed E-state index contributed by atoms with van der Waals surface area (Å²) >= 11 is 3.14. The molecule has 4 aromatic rings. The molecule has 3 nitrogen and oxygen atoms in total. The summed E-state index contributed by atoms with van der Waals surface area (Å²) in [5, 5.41) is 13.0. The van der Waals surface area contributed by atoms with Crippen LogP contribution in [0, 0.1) is 0 Å². The largest absolute Gasteiger partial charge is 0.493 e. The topological polar surface area (TPSA) is 46.0 Å². The zero-order valence-corrected chi connectivity index (χ0v) is 14.3. The Morgan fingerprint density at radius 3 is 2.08 bits per heavy atom. The van der Waals surface area contributed by atoms with Crippen LogP contribution in [0.25, 0.3) is 21.7 Å². The molecule has 0 radical (unpaired) electrons. The van der Waals surface area contributed by atoms with Gasteiger partial charge in [0.2, 0.25) is 5.88 Å². The van der Waals surface area contributed by atoms with E-state index in [1.807, 2.05) is 36.4 Å². The van der Waals surface area contributed by atoms with Crippen molar-refractivity contribution in [2.75, 3.05) is 0 Å². The van der Waals surface area contributed by atoms with E-state index >= 15 is 0 Å². The summed E-state index contributed by atoms with van der Waals surface area (Å²) in [6.45, 7) is 0. The van der Waals surface area contributed by atoms with E-state index < -0.39 is 0 Å². The first-order valence-corrected chi connectivity index (χ1v) is 9.23. The third-order valence-corrected chi connectivity index (χ3v) is 5.54. The summed E-state index contributed by atoms with van der Waals surface area (Å²) in [5.74, 6) is 0.0816. The molecule has 0 aliphatic rings. The van der Waals surface area contributed by atoms with Gasteiger partial charge < -0.3 is 5.11 Å². The average molecular weight is 350 g/mol. The first-order valence-electron chi connectivity index (χ1n) is 7.53. The van der Waals surface area contributed by atoms with Gasteiger partial charge in [0.25, 0.3) is 0 Å². The van der Waals surface area contributed by atoms with Gasteiger partial charge in [0.15, 0.2) is 0 Å². The van der Waals surface area contributed by atoms with Crippen LogP contribution in [0.4, 0.5) is 0 Å². The van der Waals surface area contributed by atoms with Gasteiger partial charge in [-0.15, -0.1) is 22.7 Å². The number of aromatic hydroxyl groups is 1. The smallest absolute Gasteiger partial charge is 0.222 e. The van der Waals surface area contributed by atoms with Crippen molar-refractivity contribution in [3.8, 4) is 27.6 Å². The SMILES string of the molecule is Oc1csc(Cc2nc(-c3ccccc3)c(-c3ccccc3)s2)n1. The van der Waals surface area contributed by atoms with Crippen LogP contribution >= 0.6 is 22.7 Å². The Kier molecular flexibility index (Phi) is 4.11. The maximum Gasteiger partial charge on any atom is 0.222 e. The van der Waals surface area contributed by atoms with Crippen molar-refractivity contribution in [2.24, 2.45) is 0 Å². The summed E-state index contributed by atoms with van der Waals surface area (Å²) < 4.78 is 0. The quantitative estimate of drug-likeness (QED) is 0.548. The van der Waals surface area contributed by atoms with Gasteiger partial charge in [-0.25, -0.2) is 9.97 Å². The number of hydrogen-bond acceptors (Lipinski definition) is 5. The van der Waals surface area contributed by atoms with E-state index in [2.05, 4.69) is 29.2 Å². The lowest BCUT2D eigenvalue weighted by atomic mass is 10.1. The van der Waals surface area contributed by atoms with E-state index in [0.29, 0.717) is 6.42 Å². The Morgan fingerprint density at radius 1 is 0.792 bits per heavy atom. The molecule has 0 saturated heterocycles. The Bertz CT molecular complexity index is 889. The molecule has 2 aromatic heterocycles. The molecule has 0 bridgehead atoms. The third kappa shape index (κ3) is 3.09. The van der Waals surface area contributed by atoms with Crippen LogP contribution in [0.15, 0.2) is 66.0 Å². The molecule has 2 aromatic carbocycles. The molecule has 118 valence electrons. The van der Waals surface area contributed by atoms with E-state index in [-0.39, 0.29) is 5.88 Å². The number of rotatable bonds is 4. The number of hydrogen-bond donors (Lipinski definition) is 1. The molecule has 0 fully saturated rings. The summed E-state index contributed by atoms with van der Waals surface area (Å²) in [7, 11) is 0. The Labute approximate surface area is 147 Å². The van der Waals surface area contributed by atoms with Crippen LogP contribution in [0.5, 0.6) is 5.88 Å².